The Hall–Kier alpha value is -0.690. The van der Waals surface area contributed by atoms with Gasteiger partial charge in [-0.3, -0.25) is 4.79 Å². The largest absolute Gasteiger partial charge is 0.394 e. The molecule has 20 atom stereocenters. The van der Waals surface area contributed by atoms with E-state index in [1.54, 1.807) is 0 Å². The van der Waals surface area contributed by atoms with Gasteiger partial charge in [0.05, 0.1) is 24.9 Å². The van der Waals surface area contributed by atoms with Crippen LogP contribution in [0.5, 0.6) is 0 Å². The summed E-state index contributed by atoms with van der Waals surface area (Å²) in [6, 6.07) is 0. The van der Waals surface area contributed by atoms with Gasteiger partial charge in [0.1, 0.15) is 36.3 Å². The quantitative estimate of drug-likeness (QED) is 0.224. The minimum atomic E-state index is -1.57. The minimum Gasteiger partial charge on any atom is -0.394 e. The molecule has 2 heterocycles. The van der Waals surface area contributed by atoms with Crippen molar-refractivity contribution in [2.45, 2.75) is 194 Å². The lowest BCUT2D eigenvalue weighted by Crippen LogP contribution is -2.67. The van der Waals surface area contributed by atoms with Crippen molar-refractivity contribution in [2.75, 3.05) is 6.61 Å². The lowest BCUT2D eigenvalue weighted by molar-refractivity contribution is -0.366. The highest BCUT2D eigenvalue weighted by molar-refractivity contribution is 5.83. The highest BCUT2D eigenvalue weighted by Crippen LogP contribution is 2.76. The van der Waals surface area contributed by atoms with Gasteiger partial charge in [-0.15, -0.1) is 0 Å². The van der Waals surface area contributed by atoms with Gasteiger partial charge in [-0.1, -0.05) is 48.5 Å². The third-order valence-corrected chi connectivity index (χ3v) is 18.1. The summed E-state index contributed by atoms with van der Waals surface area (Å²) >= 11 is 0. The zero-order valence-electron chi connectivity index (χ0n) is 34.0. The summed E-state index contributed by atoms with van der Waals surface area (Å²) < 4.78 is 25.2. The van der Waals surface area contributed by atoms with Crippen molar-refractivity contribution in [3.63, 3.8) is 0 Å². The number of hydrogen-bond acceptors (Lipinski definition) is 10. The fourth-order valence-electron chi connectivity index (χ4n) is 14.5. The van der Waals surface area contributed by atoms with E-state index in [2.05, 4.69) is 41.5 Å². The van der Waals surface area contributed by atoms with Crippen LogP contribution in [-0.4, -0.2) is 99.3 Å². The number of aliphatic hydroxyl groups is 5. The molecule has 9 unspecified atom stereocenters. The maximum atomic E-state index is 13.5. The Morgan fingerprint density at radius 3 is 2.06 bits per heavy atom. The fourth-order valence-corrected chi connectivity index (χ4v) is 14.5. The van der Waals surface area contributed by atoms with Crippen LogP contribution in [0.25, 0.3) is 0 Å². The second-order valence-corrected chi connectivity index (χ2v) is 20.8. The minimum absolute atomic E-state index is 0.0970. The molecule has 0 aromatic carbocycles. The number of aliphatic hydroxyl groups excluding tert-OH is 5. The summed E-state index contributed by atoms with van der Waals surface area (Å²) in [6.45, 7) is 20.0. The van der Waals surface area contributed by atoms with Crippen LogP contribution in [0, 0.1) is 62.6 Å². The van der Waals surface area contributed by atoms with Gasteiger partial charge in [0.2, 0.25) is 0 Å². The van der Waals surface area contributed by atoms with Crippen LogP contribution in [0.3, 0.4) is 0 Å². The van der Waals surface area contributed by atoms with Crippen molar-refractivity contribution >= 4 is 5.78 Å². The normalized spacial score (nSPS) is 56.6. The molecule has 0 spiro atoms. The first kappa shape index (κ1) is 40.5. The second kappa shape index (κ2) is 14.0. The van der Waals surface area contributed by atoms with Crippen LogP contribution in [-0.2, 0) is 23.7 Å². The molecule has 5 saturated carbocycles. The highest BCUT2D eigenvalue weighted by atomic mass is 16.8. The molecular formula is C43H72O10. The molecule has 53 heavy (non-hydrogen) atoms. The van der Waals surface area contributed by atoms with Crippen molar-refractivity contribution < 1.29 is 49.3 Å². The summed E-state index contributed by atoms with van der Waals surface area (Å²) in [5.41, 5.74) is 0.723. The van der Waals surface area contributed by atoms with Gasteiger partial charge in [-0.2, -0.15) is 0 Å². The lowest BCUT2D eigenvalue weighted by atomic mass is 9.32. The number of fused-ring (bicyclic) bond motifs is 7. The average Bonchev–Trinajstić information content (AvgIpc) is 3.10. The predicted octanol–water partition coefficient (Wildman–Crippen LogP) is 5.38. The maximum Gasteiger partial charge on any atom is 0.187 e. The smallest absolute Gasteiger partial charge is 0.187 e. The Bertz CT molecular complexity index is 1360. The van der Waals surface area contributed by atoms with Crippen LogP contribution in [0.15, 0.2) is 0 Å². The molecule has 10 nitrogen and oxygen atoms in total. The molecule has 2 saturated heterocycles. The number of rotatable bonds is 6. The van der Waals surface area contributed by atoms with Gasteiger partial charge in [-0.25, -0.2) is 0 Å². The molecule has 10 heteroatoms. The standard InChI is InChI=1S/C43H72O10/c1-22-26-12-15-42(9)31(11-10-27-28-20-39(5,6)16-18-43(28,25(4)45)19-17-41(27,42)8)40(26,7)14-13-29(22)51-38-36(23(2)32(46)24(3)50-38)53-37-35(49)34(48)33(47)30(21-44)52-37/h22-24,26-38,44,46-49H,10-21H2,1-9H3/t22?,23-,24?,26-,27?,28?,29-,30?,31?,32+,33-,34-,35?,36?,37-,38-,40?,41+,42-,43+/m0/s1. The SMILES string of the molecule is CC(=O)[C@]12CCC(C)(C)CC1C1CCC3C4(C)CC[C@H](O[C@@H]5OC(C)[C@H](O)[C@H](C)C5O[C@@H]5OC(CO)[C@H](O)[C@H](O)C5O)C(C)[C@@H]4CC[C@]3(C)[C@]1(C)CC2. The molecule has 0 radical (unpaired) electrons. The molecule has 5 aliphatic carbocycles. The van der Waals surface area contributed by atoms with Crippen LogP contribution < -0.4 is 0 Å². The second-order valence-electron chi connectivity index (χ2n) is 20.8. The van der Waals surface area contributed by atoms with E-state index in [4.69, 9.17) is 18.9 Å². The first-order valence-electron chi connectivity index (χ1n) is 21.2. The maximum absolute atomic E-state index is 13.5. The van der Waals surface area contributed by atoms with E-state index >= 15 is 0 Å². The third kappa shape index (κ3) is 6.16. The van der Waals surface area contributed by atoms with Gasteiger partial charge in [-0.05, 0) is 136 Å². The Balaban J connectivity index is 1.09. The van der Waals surface area contributed by atoms with E-state index < -0.39 is 67.8 Å². The van der Waals surface area contributed by atoms with Gasteiger partial charge in [0.15, 0.2) is 12.6 Å². The van der Waals surface area contributed by atoms with Gasteiger partial charge >= 0.3 is 0 Å². The van der Waals surface area contributed by atoms with Crippen molar-refractivity contribution in [1.29, 1.82) is 0 Å². The van der Waals surface area contributed by atoms with E-state index in [0.29, 0.717) is 29.5 Å². The van der Waals surface area contributed by atoms with Gasteiger partial charge in [0.25, 0.3) is 0 Å². The van der Waals surface area contributed by atoms with E-state index in [-0.39, 0.29) is 39.1 Å². The van der Waals surface area contributed by atoms with E-state index in [0.717, 1.165) is 44.9 Å². The van der Waals surface area contributed by atoms with Crippen molar-refractivity contribution in [2.24, 2.45) is 62.6 Å². The lowest BCUT2D eigenvalue weighted by Gasteiger charge is -2.73. The monoisotopic (exact) mass is 749 g/mol. The first-order chi connectivity index (χ1) is 24.7. The molecule has 0 aromatic heterocycles. The number of hydrogen-bond donors (Lipinski definition) is 5. The Morgan fingerprint density at radius 2 is 1.38 bits per heavy atom. The third-order valence-electron chi connectivity index (χ3n) is 18.1. The first-order valence-corrected chi connectivity index (χ1v) is 21.2. The molecule has 7 aliphatic rings. The average molecular weight is 749 g/mol. The summed E-state index contributed by atoms with van der Waals surface area (Å²) in [4.78, 5) is 13.5. The summed E-state index contributed by atoms with van der Waals surface area (Å²) in [6.07, 6.45) is 2.06. The Morgan fingerprint density at radius 1 is 0.679 bits per heavy atom. The van der Waals surface area contributed by atoms with Gasteiger partial charge < -0.3 is 44.5 Å². The van der Waals surface area contributed by atoms with E-state index in [1.807, 2.05) is 20.8 Å². The van der Waals surface area contributed by atoms with Crippen LogP contribution in [0.1, 0.15) is 133 Å². The number of ketones is 1. The molecule has 0 bridgehead atoms. The number of carbonyl (C=O) groups excluding carboxylic acids is 1. The molecule has 304 valence electrons. The topological polar surface area (TPSA) is 155 Å². The van der Waals surface area contributed by atoms with Crippen LogP contribution >= 0.6 is 0 Å². The molecule has 5 N–H and O–H groups in total. The molecule has 7 rings (SSSR count). The van der Waals surface area contributed by atoms with Gasteiger partial charge in [0, 0.05) is 11.3 Å². The van der Waals surface area contributed by atoms with E-state index in [9.17, 15) is 30.3 Å². The van der Waals surface area contributed by atoms with Crippen molar-refractivity contribution in [3.05, 3.63) is 0 Å². The zero-order chi connectivity index (χ0) is 38.6. The summed E-state index contributed by atoms with van der Waals surface area (Å²) in [5.74, 6) is 2.39. The number of Topliss-reactive ketones (excluding diaryl/α,β-unsaturated/α-hetero) is 1. The Labute approximate surface area is 318 Å². The zero-order valence-corrected chi connectivity index (χ0v) is 34.0. The predicted molar refractivity (Wildman–Crippen MR) is 198 cm³/mol. The molecule has 7 fully saturated rings. The number of ether oxygens (including phenoxy) is 4. The molecule has 2 aliphatic heterocycles. The fraction of sp³-hybridized carbons (Fsp3) is 0.977. The van der Waals surface area contributed by atoms with Crippen molar-refractivity contribution in [3.8, 4) is 0 Å². The van der Waals surface area contributed by atoms with Crippen LogP contribution in [0.2, 0.25) is 0 Å². The van der Waals surface area contributed by atoms with Crippen LogP contribution in [0.4, 0.5) is 0 Å². The Kier molecular flexibility index (Phi) is 10.7. The highest BCUT2D eigenvalue weighted by Gasteiger charge is 2.70. The number of carbonyl (C=O) groups is 1. The molecule has 0 amide bonds. The summed E-state index contributed by atoms with van der Waals surface area (Å²) in [5, 5.41) is 52.3. The van der Waals surface area contributed by atoms with E-state index in [1.165, 1.54) is 25.7 Å². The molecule has 0 aromatic rings. The van der Waals surface area contributed by atoms with Crippen molar-refractivity contribution in [1.82, 2.24) is 0 Å². The molecular weight excluding hydrogens is 676 g/mol. The summed E-state index contributed by atoms with van der Waals surface area (Å²) in [7, 11) is 0.